The first-order valence-corrected chi connectivity index (χ1v) is 8.96. The van der Waals surface area contributed by atoms with Gasteiger partial charge in [-0.15, -0.1) is 0 Å². The number of carbonyl (C=O) groups excluding carboxylic acids is 1. The van der Waals surface area contributed by atoms with Gasteiger partial charge < -0.3 is 15.4 Å². The number of methoxy groups -OCH3 is 1. The van der Waals surface area contributed by atoms with Crippen LogP contribution in [0.4, 0.5) is 10.5 Å². The number of anilines is 1. The van der Waals surface area contributed by atoms with E-state index in [1.807, 2.05) is 18.2 Å². The topological polar surface area (TPSA) is 74.2 Å². The van der Waals surface area contributed by atoms with Crippen LogP contribution in [0.3, 0.4) is 0 Å². The number of hydrogen-bond donors (Lipinski definition) is 2. The van der Waals surface area contributed by atoms with E-state index in [1.54, 1.807) is 31.4 Å². The Hall–Kier alpha value is -3.26. The van der Waals surface area contributed by atoms with Crippen molar-refractivity contribution < 1.29 is 9.53 Å². The van der Waals surface area contributed by atoms with Crippen molar-refractivity contribution in [3.05, 3.63) is 65.2 Å². The highest BCUT2D eigenvalue weighted by atomic mass is 16.5. The lowest BCUT2D eigenvalue weighted by Crippen LogP contribution is -2.35. The lowest BCUT2D eigenvalue weighted by Gasteiger charge is -2.35. The fourth-order valence-electron chi connectivity index (χ4n) is 3.44. The maximum Gasteiger partial charge on any atom is 0.323 e. The van der Waals surface area contributed by atoms with Gasteiger partial charge >= 0.3 is 6.03 Å². The molecule has 0 saturated heterocycles. The second-order valence-electron chi connectivity index (χ2n) is 6.92. The molecule has 2 aromatic rings. The summed E-state index contributed by atoms with van der Waals surface area (Å²) in [6.07, 6.45) is 1.60. The summed E-state index contributed by atoms with van der Waals surface area (Å²) in [7, 11) is 1.59. The van der Waals surface area contributed by atoms with Gasteiger partial charge in [-0.3, -0.25) is 0 Å². The van der Waals surface area contributed by atoms with Gasteiger partial charge in [-0.05, 0) is 42.7 Å². The predicted octanol–water partition coefficient (Wildman–Crippen LogP) is 4.72. The largest absolute Gasteiger partial charge is 0.497 e. The van der Waals surface area contributed by atoms with E-state index in [9.17, 15) is 10.1 Å². The lowest BCUT2D eigenvalue weighted by atomic mass is 9.69. The molecule has 0 aliphatic heterocycles. The van der Waals surface area contributed by atoms with Crippen molar-refractivity contribution in [1.82, 2.24) is 5.32 Å². The summed E-state index contributed by atoms with van der Waals surface area (Å²) in [5.41, 5.74) is 3.61. The third-order valence-electron chi connectivity index (χ3n) is 5.20. The van der Waals surface area contributed by atoms with Crippen LogP contribution in [0.1, 0.15) is 31.4 Å². The Balaban J connectivity index is 1.91. The quantitative estimate of drug-likeness (QED) is 0.827. The second kappa shape index (κ2) is 7.55. The summed E-state index contributed by atoms with van der Waals surface area (Å²) in [4.78, 5) is 12.6. The number of rotatable bonds is 4. The zero-order chi connectivity index (χ0) is 19.4. The predicted molar refractivity (Wildman–Crippen MR) is 106 cm³/mol. The van der Waals surface area contributed by atoms with Crippen molar-refractivity contribution in [2.75, 3.05) is 12.4 Å². The van der Waals surface area contributed by atoms with Crippen molar-refractivity contribution >= 4 is 17.4 Å². The van der Waals surface area contributed by atoms with Crippen LogP contribution in [0.25, 0.3) is 5.70 Å². The molecule has 0 aromatic heterocycles. The first kappa shape index (κ1) is 18.5. The number of nitriles is 1. The Bertz CT molecular complexity index is 925. The Morgan fingerprint density at radius 3 is 2.52 bits per heavy atom. The SMILES string of the molecule is CCC1(C)Cc2ccccc2C(NC(=O)Nc2ccc(OC)cc2)=C1C#N. The smallest absolute Gasteiger partial charge is 0.323 e. The average Bonchev–Trinajstić information content (AvgIpc) is 2.68. The zero-order valence-electron chi connectivity index (χ0n) is 15.8. The zero-order valence-corrected chi connectivity index (χ0v) is 15.8. The summed E-state index contributed by atoms with van der Waals surface area (Å²) in [6.45, 7) is 4.14. The highest BCUT2D eigenvalue weighted by Crippen LogP contribution is 2.43. The van der Waals surface area contributed by atoms with Crippen LogP contribution in [0.5, 0.6) is 5.75 Å². The summed E-state index contributed by atoms with van der Waals surface area (Å²) < 4.78 is 5.13. The minimum Gasteiger partial charge on any atom is -0.497 e. The van der Waals surface area contributed by atoms with Gasteiger partial charge in [0.2, 0.25) is 0 Å². The minimum absolute atomic E-state index is 0.300. The Kier molecular flexibility index (Phi) is 5.18. The molecule has 0 heterocycles. The molecule has 0 fully saturated rings. The molecular formula is C22H23N3O2. The molecule has 138 valence electrons. The number of benzene rings is 2. The monoisotopic (exact) mass is 361 g/mol. The molecule has 1 aliphatic carbocycles. The van der Waals surface area contributed by atoms with E-state index in [1.165, 1.54) is 0 Å². The number of nitrogens with one attached hydrogen (secondary N) is 2. The van der Waals surface area contributed by atoms with Crippen LogP contribution >= 0.6 is 0 Å². The third-order valence-corrected chi connectivity index (χ3v) is 5.20. The van der Waals surface area contributed by atoms with E-state index in [2.05, 4.69) is 36.6 Å². The molecular weight excluding hydrogens is 338 g/mol. The first-order chi connectivity index (χ1) is 13.0. The number of urea groups is 1. The summed E-state index contributed by atoms with van der Waals surface area (Å²) >= 11 is 0. The number of nitrogens with zero attached hydrogens (tertiary/aromatic N) is 1. The summed E-state index contributed by atoms with van der Waals surface area (Å²) in [5.74, 6) is 0.718. The number of amides is 2. The number of carbonyl (C=O) groups is 1. The van der Waals surface area contributed by atoms with Crippen LogP contribution in [-0.4, -0.2) is 13.1 Å². The van der Waals surface area contributed by atoms with Crippen molar-refractivity contribution in [1.29, 1.82) is 5.26 Å². The summed E-state index contributed by atoms with van der Waals surface area (Å²) in [6, 6.07) is 17.0. The van der Waals surface area contributed by atoms with Gasteiger partial charge in [0.05, 0.1) is 24.4 Å². The van der Waals surface area contributed by atoms with Crippen molar-refractivity contribution in [3.63, 3.8) is 0 Å². The van der Waals surface area contributed by atoms with E-state index in [0.717, 1.165) is 29.7 Å². The number of ether oxygens (including phenoxy) is 1. The van der Waals surface area contributed by atoms with Gasteiger partial charge in [-0.25, -0.2) is 4.79 Å². The molecule has 27 heavy (non-hydrogen) atoms. The van der Waals surface area contributed by atoms with Gasteiger partial charge in [-0.1, -0.05) is 38.1 Å². The van der Waals surface area contributed by atoms with Crippen LogP contribution in [0.2, 0.25) is 0 Å². The molecule has 0 bridgehead atoms. The maximum absolute atomic E-state index is 12.6. The molecule has 3 rings (SSSR count). The number of allylic oxidation sites excluding steroid dienone is 1. The van der Waals surface area contributed by atoms with Crippen LogP contribution < -0.4 is 15.4 Å². The number of fused-ring (bicyclic) bond motifs is 1. The van der Waals surface area contributed by atoms with E-state index in [-0.39, 0.29) is 11.4 Å². The van der Waals surface area contributed by atoms with E-state index < -0.39 is 0 Å². The molecule has 0 saturated carbocycles. The Labute approximate surface area is 159 Å². The second-order valence-corrected chi connectivity index (χ2v) is 6.92. The maximum atomic E-state index is 12.6. The van der Waals surface area contributed by atoms with Gasteiger partial charge in [0.25, 0.3) is 0 Å². The van der Waals surface area contributed by atoms with E-state index in [0.29, 0.717) is 17.0 Å². The molecule has 5 heteroatoms. The standard InChI is InChI=1S/C22H23N3O2/c1-4-22(2)13-15-7-5-6-8-18(15)20(19(22)14-23)25-21(26)24-16-9-11-17(27-3)12-10-16/h5-12H,4,13H2,1-3H3,(H2,24,25,26). The molecule has 0 spiro atoms. The van der Waals surface area contributed by atoms with Crippen molar-refractivity contribution in [2.24, 2.45) is 5.41 Å². The van der Waals surface area contributed by atoms with E-state index >= 15 is 0 Å². The third kappa shape index (κ3) is 3.65. The molecule has 2 amide bonds. The van der Waals surface area contributed by atoms with Gasteiger partial charge in [0.15, 0.2) is 0 Å². The van der Waals surface area contributed by atoms with Crippen LogP contribution in [0.15, 0.2) is 54.1 Å². The van der Waals surface area contributed by atoms with Crippen molar-refractivity contribution in [2.45, 2.75) is 26.7 Å². The van der Waals surface area contributed by atoms with Gasteiger partial charge in [0, 0.05) is 16.7 Å². The van der Waals surface area contributed by atoms with Crippen LogP contribution in [-0.2, 0) is 6.42 Å². The molecule has 0 radical (unpaired) electrons. The Morgan fingerprint density at radius 1 is 1.19 bits per heavy atom. The van der Waals surface area contributed by atoms with Crippen LogP contribution in [0, 0.1) is 16.7 Å². The fourth-order valence-corrected chi connectivity index (χ4v) is 3.44. The normalized spacial score (nSPS) is 18.3. The molecule has 1 atom stereocenters. The van der Waals surface area contributed by atoms with Gasteiger partial charge in [-0.2, -0.15) is 5.26 Å². The molecule has 1 aliphatic rings. The lowest BCUT2D eigenvalue weighted by molar-refractivity contribution is 0.255. The molecule has 5 nitrogen and oxygen atoms in total. The molecule has 1 unspecified atom stereocenters. The Morgan fingerprint density at radius 2 is 1.89 bits per heavy atom. The summed E-state index contributed by atoms with van der Waals surface area (Å²) in [5, 5.41) is 15.6. The van der Waals surface area contributed by atoms with Crippen molar-refractivity contribution in [3.8, 4) is 11.8 Å². The molecule has 2 aromatic carbocycles. The molecule has 2 N–H and O–H groups in total. The first-order valence-electron chi connectivity index (χ1n) is 8.96. The minimum atomic E-state index is -0.377. The highest BCUT2D eigenvalue weighted by molar-refractivity contribution is 5.97. The van der Waals surface area contributed by atoms with Gasteiger partial charge in [0.1, 0.15) is 5.75 Å². The van der Waals surface area contributed by atoms with E-state index in [4.69, 9.17) is 4.74 Å². The number of hydrogen-bond acceptors (Lipinski definition) is 3. The average molecular weight is 361 g/mol. The highest BCUT2D eigenvalue weighted by Gasteiger charge is 2.36. The fraction of sp³-hybridized carbons (Fsp3) is 0.273.